The zero-order chi connectivity index (χ0) is 0. The van der Waals surface area contributed by atoms with Crippen LogP contribution in [0.1, 0.15) is 7.43 Å². The molecular formula is CH8BGeW. The molecule has 0 aliphatic heterocycles. The van der Waals surface area contributed by atoms with Gasteiger partial charge in [-0.25, -0.2) is 0 Å². The predicted octanol–water partition coefficient (Wildman–Crippen LogP) is -1.20. The van der Waals surface area contributed by atoms with Crippen LogP contribution < -0.4 is 0 Å². The minimum absolute atomic E-state index is 0. The molecule has 0 aromatic rings. The van der Waals surface area contributed by atoms with E-state index in [4.69, 9.17) is 0 Å². The van der Waals surface area contributed by atoms with Crippen molar-refractivity contribution in [2.24, 2.45) is 0 Å². The molecule has 4 heavy (non-hydrogen) atoms. The van der Waals surface area contributed by atoms with Gasteiger partial charge in [-0.05, 0) is 0 Å². The van der Waals surface area contributed by atoms with Gasteiger partial charge in [-0.1, -0.05) is 7.43 Å². The molecule has 0 aromatic heterocycles. The Morgan fingerprint density at radius 3 is 1.00 bits per heavy atom. The Kier molecular flexibility index (Phi) is 404. The molecule has 0 bridgehead atoms. The smallest absolute Gasteiger partial charge is 0 e. The SMILES string of the molecule is C.[B].[GeH4].[W]. The van der Waals surface area contributed by atoms with Gasteiger partial charge in [0.1, 0.15) is 0 Å². The van der Waals surface area contributed by atoms with E-state index in [2.05, 4.69) is 0 Å². The Labute approximate surface area is 54.5 Å². The summed E-state index contributed by atoms with van der Waals surface area (Å²) in [6, 6.07) is 0. The Bertz CT molecular complexity index is 8.00. The van der Waals surface area contributed by atoms with Crippen LogP contribution in [0.3, 0.4) is 0 Å². The van der Waals surface area contributed by atoms with Gasteiger partial charge >= 0.3 is 17.6 Å². The van der Waals surface area contributed by atoms with Crippen LogP contribution >= 0.6 is 0 Å². The van der Waals surface area contributed by atoms with Crippen molar-refractivity contribution in [1.82, 2.24) is 0 Å². The van der Waals surface area contributed by atoms with Crippen molar-refractivity contribution >= 4 is 26.0 Å². The second-order valence-electron chi connectivity index (χ2n) is 0. The van der Waals surface area contributed by atoms with Crippen LogP contribution in [-0.4, -0.2) is 26.0 Å². The summed E-state index contributed by atoms with van der Waals surface area (Å²) in [5, 5.41) is 0. The molecule has 0 rings (SSSR count). The van der Waals surface area contributed by atoms with Gasteiger partial charge in [-0.15, -0.1) is 0 Å². The van der Waals surface area contributed by atoms with Crippen LogP contribution in [0.25, 0.3) is 0 Å². The number of hydrogen-bond acceptors (Lipinski definition) is 0. The average Bonchev–Trinajstić information content (AvgIpc) is 0. The average molecular weight is 287 g/mol. The normalized spacial score (nSPS) is 0. The monoisotopic (exact) mass is 289 g/mol. The number of hydrogen-bond donors (Lipinski definition) is 0. The predicted molar refractivity (Wildman–Crippen MR) is 23.8 cm³/mol. The first kappa shape index (κ1) is 58.2. The van der Waals surface area contributed by atoms with Crippen molar-refractivity contribution in [2.45, 2.75) is 7.43 Å². The fraction of sp³-hybridized carbons (Fsp3) is 1.00. The fourth-order valence-electron chi connectivity index (χ4n) is 0. The first-order valence-electron chi connectivity index (χ1n) is 0. The zero-order valence-corrected chi connectivity index (χ0v) is 3.92. The molecule has 0 fully saturated rings. The van der Waals surface area contributed by atoms with Gasteiger partial charge in [0.25, 0.3) is 0 Å². The van der Waals surface area contributed by atoms with Gasteiger partial charge in [0, 0.05) is 29.5 Å². The van der Waals surface area contributed by atoms with Crippen molar-refractivity contribution < 1.29 is 21.1 Å². The molecule has 0 saturated carbocycles. The van der Waals surface area contributed by atoms with Gasteiger partial charge in [0.2, 0.25) is 0 Å². The van der Waals surface area contributed by atoms with E-state index >= 15 is 0 Å². The standard InChI is InChI=1S/CH4.B.GeH4.W/h1H4;;1H4;. The Hall–Kier alpha value is 1.30. The molecule has 0 nitrogen and oxygen atoms in total. The third-order valence-corrected chi connectivity index (χ3v) is 0. The van der Waals surface area contributed by atoms with Crippen LogP contribution in [0.15, 0.2) is 0 Å². The largest absolute Gasteiger partial charge is 0 e. The van der Waals surface area contributed by atoms with Crippen molar-refractivity contribution in [3.8, 4) is 0 Å². The van der Waals surface area contributed by atoms with E-state index < -0.39 is 0 Å². The maximum atomic E-state index is 0. The van der Waals surface area contributed by atoms with Crippen molar-refractivity contribution in [1.29, 1.82) is 0 Å². The summed E-state index contributed by atoms with van der Waals surface area (Å²) in [7, 11) is 0. The Morgan fingerprint density at radius 2 is 1.00 bits per heavy atom. The topological polar surface area (TPSA) is 0 Å². The maximum absolute atomic E-state index is 0. The van der Waals surface area contributed by atoms with Crippen molar-refractivity contribution in [3.05, 3.63) is 0 Å². The molecule has 0 aromatic carbocycles. The summed E-state index contributed by atoms with van der Waals surface area (Å²) in [5.41, 5.74) is 0. The van der Waals surface area contributed by atoms with E-state index in [9.17, 15) is 0 Å². The summed E-state index contributed by atoms with van der Waals surface area (Å²) < 4.78 is 0. The first-order valence-corrected chi connectivity index (χ1v) is 0. The van der Waals surface area contributed by atoms with Gasteiger partial charge < -0.3 is 0 Å². The molecule has 0 aliphatic carbocycles. The summed E-state index contributed by atoms with van der Waals surface area (Å²) in [5.74, 6) is 0. The molecule has 3 radical (unpaired) electrons. The van der Waals surface area contributed by atoms with Crippen LogP contribution in [0.5, 0.6) is 0 Å². The van der Waals surface area contributed by atoms with Crippen LogP contribution in [0.4, 0.5) is 0 Å². The quantitative estimate of drug-likeness (QED) is 0.491. The molecular weight excluding hydrogens is 279 g/mol. The fourth-order valence-corrected chi connectivity index (χ4v) is 0. The molecule has 0 amide bonds. The summed E-state index contributed by atoms with van der Waals surface area (Å²) in [4.78, 5) is 0. The van der Waals surface area contributed by atoms with Crippen LogP contribution in [0.2, 0.25) is 0 Å². The van der Waals surface area contributed by atoms with E-state index in [-0.39, 0.29) is 54.5 Å². The van der Waals surface area contributed by atoms with E-state index in [0.29, 0.717) is 0 Å². The molecule has 25 valence electrons. The minimum Gasteiger partial charge on any atom is 0 e. The Balaban J connectivity index is 0. The van der Waals surface area contributed by atoms with Gasteiger partial charge in [-0.2, -0.15) is 0 Å². The van der Waals surface area contributed by atoms with Crippen molar-refractivity contribution in [2.75, 3.05) is 0 Å². The zero-order valence-electron chi connectivity index (χ0n) is 0.986. The summed E-state index contributed by atoms with van der Waals surface area (Å²) in [6.07, 6.45) is 0. The molecule has 0 spiro atoms. The third kappa shape index (κ3) is 10.3. The van der Waals surface area contributed by atoms with Gasteiger partial charge in [0.15, 0.2) is 0 Å². The molecule has 0 atom stereocenters. The Morgan fingerprint density at radius 1 is 1.00 bits per heavy atom. The third-order valence-electron chi connectivity index (χ3n) is 0. The van der Waals surface area contributed by atoms with E-state index in [1.165, 1.54) is 0 Å². The summed E-state index contributed by atoms with van der Waals surface area (Å²) in [6.45, 7) is 0. The van der Waals surface area contributed by atoms with Crippen molar-refractivity contribution in [3.63, 3.8) is 0 Å². The van der Waals surface area contributed by atoms with Gasteiger partial charge in [0.05, 0.1) is 0 Å². The first-order chi connectivity index (χ1) is 0. The van der Waals surface area contributed by atoms with E-state index in [1.807, 2.05) is 0 Å². The second-order valence-corrected chi connectivity index (χ2v) is 0. The molecule has 0 saturated heterocycles. The molecule has 0 heterocycles. The summed E-state index contributed by atoms with van der Waals surface area (Å²) >= 11 is 0. The van der Waals surface area contributed by atoms with E-state index in [1.54, 1.807) is 0 Å². The molecule has 3 heteroatoms. The molecule has 0 unspecified atom stereocenters. The second kappa shape index (κ2) is 27.8. The van der Waals surface area contributed by atoms with Crippen LogP contribution in [-0.2, 0) is 21.1 Å². The van der Waals surface area contributed by atoms with Crippen LogP contribution in [0, 0.1) is 0 Å². The molecule has 0 aliphatic rings. The number of rotatable bonds is 0. The minimum atomic E-state index is 0. The van der Waals surface area contributed by atoms with Gasteiger partial charge in [-0.3, -0.25) is 0 Å². The molecule has 0 N–H and O–H groups in total. The maximum Gasteiger partial charge on any atom is 0 e. The van der Waals surface area contributed by atoms with E-state index in [0.717, 1.165) is 0 Å².